The van der Waals surface area contributed by atoms with Crippen LogP contribution in [0, 0.1) is 19.7 Å². The van der Waals surface area contributed by atoms with Crippen LogP contribution in [0.5, 0.6) is 5.88 Å². The number of thiocarbonyl (C=S) groups is 1. The van der Waals surface area contributed by atoms with Crippen LogP contribution in [0.15, 0.2) is 18.3 Å². The van der Waals surface area contributed by atoms with E-state index in [0.717, 1.165) is 0 Å². The van der Waals surface area contributed by atoms with E-state index in [4.69, 9.17) is 12.2 Å². The van der Waals surface area contributed by atoms with Gasteiger partial charge >= 0.3 is 0 Å². The first-order valence-electron chi connectivity index (χ1n) is 5.45. The Bertz CT molecular complexity index is 634. The van der Waals surface area contributed by atoms with Crippen LogP contribution in [0.4, 0.5) is 4.39 Å². The minimum atomic E-state index is -0.266. The van der Waals surface area contributed by atoms with Gasteiger partial charge in [-0.3, -0.25) is 0 Å². The first-order valence-corrected chi connectivity index (χ1v) is 5.85. The number of aryl methyl sites for hydroxylation is 2. The first kappa shape index (κ1) is 12.7. The van der Waals surface area contributed by atoms with Crippen molar-refractivity contribution >= 4 is 17.1 Å². The maximum atomic E-state index is 13.8. The van der Waals surface area contributed by atoms with Gasteiger partial charge in [0.2, 0.25) is 5.88 Å². The zero-order valence-corrected chi connectivity index (χ0v) is 11.2. The molecule has 0 spiro atoms. The Hall–Kier alpha value is -1.75. The van der Waals surface area contributed by atoms with E-state index in [9.17, 15) is 9.50 Å². The predicted octanol–water partition coefficient (Wildman–Crippen LogP) is 2.65. The van der Waals surface area contributed by atoms with Crippen molar-refractivity contribution < 1.29 is 9.50 Å². The molecule has 3 nitrogen and oxygen atoms in total. The summed E-state index contributed by atoms with van der Waals surface area (Å²) in [5.74, 6) is -0.279. The van der Waals surface area contributed by atoms with Crippen LogP contribution in [0.1, 0.15) is 22.3 Å². The van der Waals surface area contributed by atoms with E-state index in [1.54, 1.807) is 33.0 Å². The summed E-state index contributed by atoms with van der Waals surface area (Å²) < 4.78 is 15.2. The quantitative estimate of drug-likeness (QED) is 0.669. The molecule has 0 radical (unpaired) electrons. The fraction of sp³-hybridized carbons (Fsp3) is 0.231. The summed E-state index contributed by atoms with van der Waals surface area (Å²) in [5, 5.41) is 13.7. The van der Waals surface area contributed by atoms with Crippen molar-refractivity contribution in [3.63, 3.8) is 0 Å². The highest BCUT2D eigenvalue weighted by Crippen LogP contribution is 2.24. The second-order valence-electron chi connectivity index (χ2n) is 4.20. The van der Waals surface area contributed by atoms with Crippen molar-refractivity contribution in [3.05, 3.63) is 46.4 Å². The lowest BCUT2D eigenvalue weighted by atomic mass is 9.99. The summed E-state index contributed by atoms with van der Waals surface area (Å²) in [4.78, 5) is 0.400. The fourth-order valence-electron chi connectivity index (χ4n) is 1.80. The van der Waals surface area contributed by atoms with E-state index in [1.165, 1.54) is 10.9 Å². The first-order chi connectivity index (χ1) is 8.43. The summed E-state index contributed by atoms with van der Waals surface area (Å²) in [6, 6.07) is 3.44. The molecule has 18 heavy (non-hydrogen) atoms. The van der Waals surface area contributed by atoms with Crippen LogP contribution >= 0.6 is 12.2 Å². The lowest BCUT2D eigenvalue weighted by Gasteiger charge is -2.09. The number of rotatable bonds is 2. The van der Waals surface area contributed by atoms with Crippen molar-refractivity contribution in [2.24, 2.45) is 7.05 Å². The van der Waals surface area contributed by atoms with E-state index in [1.807, 2.05) is 0 Å². The number of hydrogen-bond donors (Lipinski definition) is 1. The third kappa shape index (κ3) is 1.90. The summed E-state index contributed by atoms with van der Waals surface area (Å²) in [5.41, 5.74) is 2.12. The zero-order chi connectivity index (χ0) is 13.4. The average Bonchev–Trinajstić information content (AvgIpc) is 2.67. The van der Waals surface area contributed by atoms with Crippen LogP contribution < -0.4 is 0 Å². The molecule has 1 N–H and O–H groups in total. The SMILES string of the molecule is Cc1ccc(C(=S)c2cnn(C)c2O)c(C)c1F. The van der Waals surface area contributed by atoms with Crippen molar-refractivity contribution in [3.8, 4) is 5.88 Å². The van der Waals surface area contributed by atoms with Gasteiger partial charge in [0.15, 0.2) is 0 Å². The maximum absolute atomic E-state index is 13.8. The van der Waals surface area contributed by atoms with Crippen LogP contribution in [0.2, 0.25) is 0 Å². The maximum Gasteiger partial charge on any atom is 0.217 e. The average molecular weight is 264 g/mol. The molecular weight excluding hydrogens is 251 g/mol. The normalized spacial score (nSPS) is 10.7. The van der Waals surface area contributed by atoms with Gasteiger partial charge in [0.25, 0.3) is 0 Å². The van der Waals surface area contributed by atoms with Gasteiger partial charge in [-0.1, -0.05) is 24.4 Å². The molecule has 0 saturated carbocycles. The molecule has 0 aliphatic rings. The highest BCUT2D eigenvalue weighted by atomic mass is 32.1. The molecule has 94 valence electrons. The molecule has 5 heteroatoms. The predicted molar refractivity (Wildman–Crippen MR) is 71.5 cm³/mol. The van der Waals surface area contributed by atoms with Crippen LogP contribution in [-0.2, 0) is 7.05 Å². The van der Waals surface area contributed by atoms with E-state index in [-0.39, 0.29) is 11.7 Å². The van der Waals surface area contributed by atoms with Gasteiger partial charge in [-0.15, -0.1) is 0 Å². The molecule has 0 fully saturated rings. The molecular formula is C13H13FN2OS. The molecule has 0 unspecified atom stereocenters. The zero-order valence-electron chi connectivity index (χ0n) is 10.4. The summed E-state index contributed by atoms with van der Waals surface area (Å²) in [7, 11) is 1.62. The molecule has 2 rings (SSSR count). The van der Waals surface area contributed by atoms with Crippen molar-refractivity contribution in [2.75, 3.05) is 0 Å². The fourth-order valence-corrected chi connectivity index (χ4v) is 2.17. The second kappa shape index (κ2) is 4.49. The molecule has 0 aliphatic heterocycles. The lowest BCUT2D eigenvalue weighted by molar-refractivity contribution is 0.418. The Labute approximate surface area is 110 Å². The molecule has 0 aliphatic carbocycles. The van der Waals surface area contributed by atoms with Crippen molar-refractivity contribution in [1.82, 2.24) is 9.78 Å². The van der Waals surface area contributed by atoms with E-state index in [2.05, 4.69) is 5.10 Å². The third-order valence-corrected chi connectivity index (χ3v) is 3.42. The minimum Gasteiger partial charge on any atom is -0.493 e. The molecule has 1 aromatic heterocycles. The largest absolute Gasteiger partial charge is 0.493 e. The van der Waals surface area contributed by atoms with E-state index in [0.29, 0.717) is 27.1 Å². The van der Waals surface area contributed by atoms with Gasteiger partial charge in [-0.05, 0) is 30.5 Å². The minimum absolute atomic E-state index is 0.0135. The molecule has 0 atom stereocenters. The Morgan fingerprint density at radius 2 is 2.00 bits per heavy atom. The smallest absolute Gasteiger partial charge is 0.217 e. The van der Waals surface area contributed by atoms with Gasteiger partial charge in [-0.2, -0.15) is 5.10 Å². The highest BCUT2D eigenvalue weighted by Gasteiger charge is 2.17. The monoisotopic (exact) mass is 264 g/mol. The third-order valence-electron chi connectivity index (χ3n) is 2.98. The van der Waals surface area contributed by atoms with Crippen molar-refractivity contribution in [1.29, 1.82) is 0 Å². The number of hydrogen-bond acceptors (Lipinski definition) is 3. The topological polar surface area (TPSA) is 38.0 Å². The summed E-state index contributed by atoms with van der Waals surface area (Å²) in [6.07, 6.45) is 1.48. The second-order valence-corrected chi connectivity index (χ2v) is 4.61. The van der Waals surface area contributed by atoms with Gasteiger partial charge in [-0.25, -0.2) is 9.07 Å². The molecule has 2 aromatic rings. The van der Waals surface area contributed by atoms with Gasteiger partial charge in [0.05, 0.1) is 16.6 Å². The number of aromatic nitrogens is 2. The van der Waals surface area contributed by atoms with Crippen molar-refractivity contribution in [2.45, 2.75) is 13.8 Å². The number of nitrogens with zero attached hydrogens (tertiary/aromatic N) is 2. The van der Waals surface area contributed by atoms with E-state index >= 15 is 0 Å². The van der Waals surface area contributed by atoms with Gasteiger partial charge in [0, 0.05) is 7.05 Å². The number of aromatic hydroxyl groups is 1. The van der Waals surface area contributed by atoms with E-state index < -0.39 is 0 Å². The highest BCUT2D eigenvalue weighted by molar-refractivity contribution is 7.81. The summed E-state index contributed by atoms with van der Waals surface area (Å²) >= 11 is 5.30. The molecule has 1 heterocycles. The van der Waals surface area contributed by atoms with Crippen LogP contribution in [0.25, 0.3) is 0 Å². The molecule has 1 aromatic carbocycles. The van der Waals surface area contributed by atoms with Gasteiger partial charge in [0.1, 0.15) is 5.82 Å². The molecule has 0 amide bonds. The van der Waals surface area contributed by atoms with Crippen LogP contribution in [-0.4, -0.2) is 19.8 Å². The number of halogens is 1. The van der Waals surface area contributed by atoms with Gasteiger partial charge < -0.3 is 5.11 Å². The Morgan fingerprint density at radius 3 is 2.56 bits per heavy atom. The Morgan fingerprint density at radius 1 is 1.33 bits per heavy atom. The molecule has 0 bridgehead atoms. The Kier molecular flexibility index (Phi) is 3.17. The lowest BCUT2D eigenvalue weighted by Crippen LogP contribution is -2.04. The number of benzene rings is 1. The summed E-state index contributed by atoms with van der Waals surface area (Å²) in [6.45, 7) is 3.38. The van der Waals surface area contributed by atoms with Crippen LogP contribution in [0.3, 0.4) is 0 Å². The Balaban J connectivity index is 2.54. The standard InChI is InChI=1S/C13H13FN2OS/c1-7-4-5-9(8(2)11(7)14)12(18)10-6-15-16(3)13(10)17/h4-6,17H,1-3H3. The molecule has 0 saturated heterocycles.